The van der Waals surface area contributed by atoms with Gasteiger partial charge in [-0.3, -0.25) is 4.79 Å². The number of benzene rings is 1. The van der Waals surface area contributed by atoms with Crippen LogP contribution in [0.5, 0.6) is 0 Å². The van der Waals surface area contributed by atoms with Crippen LogP contribution in [0, 0.1) is 5.41 Å². The molecule has 0 aliphatic heterocycles. The van der Waals surface area contributed by atoms with Gasteiger partial charge in [-0.25, -0.2) is 4.79 Å². The maximum Gasteiger partial charge on any atom is 0.315 e. The van der Waals surface area contributed by atoms with E-state index >= 15 is 0 Å². The molecule has 1 rings (SSSR count). The summed E-state index contributed by atoms with van der Waals surface area (Å²) < 4.78 is 0. The van der Waals surface area contributed by atoms with Crippen molar-refractivity contribution < 1.29 is 14.7 Å². The lowest BCUT2D eigenvalue weighted by molar-refractivity contribution is -0.146. The van der Waals surface area contributed by atoms with Gasteiger partial charge >= 0.3 is 12.0 Å². The average Bonchev–Trinajstić information content (AvgIpc) is 2.43. The van der Waals surface area contributed by atoms with E-state index < -0.39 is 11.4 Å². The van der Waals surface area contributed by atoms with Crippen molar-refractivity contribution in [3.05, 3.63) is 35.4 Å². The van der Waals surface area contributed by atoms with E-state index in [2.05, 4.69) is 24.5 Å². The monoisotopic (exact) mass is 292 g/mol. The zero-order valence-electron chi connectivity index (χ0n) is 13.1. The van der Waals surface area contributed by atoms with Crippen molar-refractivity contribution in [3.8, 4) is 0 Å². The molecule has 1 aromatic rings. The zero-order chi connectivity index (χ0) is 16.0. The third-order valence-corrected chi connectivity index (χ3v) is 3.37. The lowest BCUT2D eigenvalue weighted by atomic mass is 9.94. The Bertz CT molecular complexity index is 493. The first-order chi connectivity index (χ1) is 9.72. The number of carbonyl (C=O) groups excluding carboxylic acids is 1. The number of aliphatic carboxylic acids is 1. The van der Waals surface area contributed by atoms with Gasteiger partial charge in [0.2, 0.25) is 0 Å². The van der Waals surface area contributed by atoms with Crippen LogP contribution in [0.1, 0.15) is 44.7 Å². The molecule has 5 heteroatoms. The molecule has 0 fully saturated rings. The minimum absolute atomic E-state index is 0.0838. The van der Waals surface area contributed by atoms with E-state index in [1.165, 1.54) is 5.56 Å². The number of rotatable bonds is 6. The predicted molar refractivity (Wildman–Crippen MR) is 82.2 cm³/mol. The molecule has 0 aliphatic rings. The summed E-state index contributed by atoms with van der Waals surface area (Å²) in [6.07, 6.45) is 0. The molecule has 5 nitrogen and oxygen atoms in total. The number of hydrogen-bond donors (Lipinski definition) is 3. The number of carboxylic acids is 1. The van der Waals surface area contributed by atoms with Gasteiger partial charge in [-0.2, -0.15) is 0 Å². The van der Waals surface area contributed by atoms with E-state index in [0.29, 0.717) is 12.5 Å². The van der Waals surface area contributed by atoms with E-state index in [1.807, 2.05) is 24.3 Å². The van der Waals surface area contributed by atoms with Crippen LogP contribution in [0.15, 0.2) is 24.3 Å². The Morgan fingerprint density at radius 3 is 2.19 bits per heavy atom. The second-order valence-corrected chi connectivity index (χ2v) is 6.12. The Labute approximate surface area is 125 Å². The number of amides is 2. The topological polar surface area (TPSA) is 78.4 Å². The summed E-state index contributed by atoms with van der Waals surface area (Å²) in [5.41, 5.74) is 1.29. The Morgan fingerprint density at radius 2 is 1.71 bits per heavy atom. The molecule has 0 saturated heterocycles. The van der Waals surface area contributed by atoms with E-state index in [1.54, 1.807) is 13.8 Å². The molecule has 0 spiro atoms. The summed E-state index contributed by atoms with van der Waals surface area (Å²) >= 11 is 0. The number of carbonyl (C=O) groups is 2. The Morgan fingerprint density at radius 1 is 1.14 bits per heavy atom. The fourth-order valence-electron chi connectivity index (χ4n) is 1.64. The van der Waals surface area contributed by atoms with Gasteiger partial charge in [0.15, 0.2) is 0 Å². The molecule has 21 heavy (non-hydrogen) atoms. The average molecular weight is 292 g/mol. The Hall–Kier alpha value is -2.04. The van der Waals surface area contributed by atoms with Crippen molar-refractivity contribution >= 4 is 12.0 Å². The fraction of sp³-hybridized carbons (Fsp3) is 0.500. The van der Waals surface area contributed by atoms with Crippen LogP contribution in [0.4, 0.5) is 4.79 Å². The summed E-state index contributed by atoms with van der Waals surface area (Å²) in [4.78, 5) is 22.6. The van der Waals surface area contributed by atoms with Crippen LogP contribution < -0.4 is 10.6 Å². The van der Waals surface area contributed by atoms with Crippen LogP contribution in [0.3, 0.4) is 0 Å². The van der Waals surface area contributed by atoms with Gasteiger partial charge in [0.1, 0.15) is 0 Å². The highest BCUT2D eigenvalue weighted by Gasteiger charge is 2.27. The van der Waals surface area contributed by atoms with Crippen LogP contribution in [0.25, 0.3) is 0 Å². The maximum absolute atomic E-state index is 11.6. The normalized spacial score (nSPS) is 11.3. The van der Waals surface area contributed by atoms with Crippen molar-refractivity contribution in [1.29, 1.82) is 0 Å². The van der Waals surface area contributed by atoms with Crippen molar-refractivity contribution in [2.24, 2.45) is 5.41 Å². The quantitative estimate of drug-likeness (QED) is 0.754. The number of nitrogens with one attached hydrogen (secondary N) is 2. The summed E-state index contributed by atoms with van der Waals surface area (Å²) in [5, 5.41) is 14.3. The van der Waals surface area contributed by atoms with E-state index in [9.17, 15) is 9.59 Å². The van der Waals surface area contributed by atoms with Crippen LogP contribution in [0.2, 0.25) is 0 Å². The van der Waals surface area contributed by atoms with Crippen molar-refractivity contribution in [2.45, 2.75) is 40.2 Å². The lowest BCUT2D eigenvalue weighted by Gasteiger charge is -2.19. The molecular formula is C16H24N2O3. The first-order valence-corrected chi connectivity index (χ1v) is 7.06. The Kier molecular flexibility index (Phi) is 5.76. The second-order valence-electron chi connectivity index (χ2n) is 6.12. The largest absolute Gasteiger partial charge is 0.481 e. The maximum atomic E-state index is 11.6. The minimum atomic E-state index is -0.976. The molecular weight excluding hydrogens is 268 g/mol. The van der Waals surface area contributed by atoms with Crippen molar-refractivity contribution in [2.75, 3.05) is 6.54 Å². The SMILES string of the molecule is CC(C)c1ccc(CNC(=O)NCC(C)(C)C(=O)O)cc1. The highest BCUT2D eigenvalue weighted by molar-refractivity contribution is 5.77. The van der Waals surface area contributed by atoms with Gasteiger partial charge in [-0.1, -0.05) is 38.1 Å². The van der Waals surface area contributed by atoms with E-state index in [-0.39, 0.29) is 12.6 Å². The van der Waals surface area contributed by atoms with Crippen LogP contribution in [-0.2, 0) is 11.3 Å². The van der Waals surface area contributed by atoms with Crippen LogP contribution >= 0.6 is 0 Å². The molecule has 0 atom stereocenters. The van der Waals surface area contributed by atoms with Gasteiger partial charge in [0.05, 0.1) is 5.41 Å². The molecule has 0 aromatic heterocycles. The van der Waals surface area contributed by atoms with Gasteiger partial charge in [-0.15, -0.1) is 0 Å². The summed E-state index contributed by atoms with van der Waals surface area (Å²) in [7, 11) is 0. The molecule has 0 saturated carbocycles. The molecule has 0 bridgehead atoms. The molecule has 0 heterocycles. The molecule has 116 valence electrons. The van der Waals surface area contributed by atoms with Gasteiger partial charge in [-0.05, 0) is 30.9 Å². The standard InChI is InChI=1S/C16H24N2O3/c1-11(2)13-7-5-12(6-8-13)9-17-15(21)18-10-16(3,4)14(19)20/h5-8,11H,9-10H2,1-4H3,(H,19,20)(H2,17,18,21). The first-order valence-electron chi connectivity index (χ1n) is 7.06. The van der Waals surface area contributed by atoms with E-state index in [4.69, 9.17) is 5.11 Å². The first kappa shape index (κ1) is 17.0. The molecule has 0 aliphatic carbocycles. The second kappa shape index (κ2) is 7.11. The summed E-state index contributed by atoms with van der Waals surface area (Å²) in [5.74, 6) is -0.458. The van der Waals surface area contributed by atoms with E-state index in [0.717, 1.165) is 5.56 Å². The highest BCUT2D eigenvalue weighted by Crippen LogP contribution is 2.15. The van der Waals surface area contributed by atoms with Crippen molar-refractivity contribution in [1.82, 2.24) is 10.6 Å². The lowest BCUT2D eigenvalue weighted by Crippen LogP contribution is -2.43. The number of hydrogen-bond acceptors (Lipinski definition) is 2. The predicted octanol–water partition coefficient (Wildman–Crippen LogP) is 2.72. The number of urea groups is 1. The fourth-order valence-corrected chi connectivity index (χ4v) is 1.64. The smallest absolute Gasteiger partial charge is 0.315 e. The summed E-state index contributed by atoms with van der Waals surface area (Å²) in [6, 6.07) is 7.70. The van der Waals surface area contributed by atoms with Gasteiger partial charge < -0.3 is 15.7 Å². The molecule has 3 N–H and O–H groups in total. The highest BCUT2D eigenvalue weighted by atomic mass is 16.4. The molecule has 2 amide bonds. The van der Waals surface area contributed by atoms with Crippen LogP contribution in [-0.4, -0.2) is 23.7 Å². The number of carboxylic acid groups (broad SMARTS) is 1. The minimum Gasteiger partial charge on any atom is -0.481 e. The van der Waals surface area contributed by atoms with Gasteiger partial charge in [0, 0.05) is 13.1 Å². The molecule has 1 aromatic carbocycles. The molecule has 0 radical (unpaired) electrons. The van der Waals surface area contributed by atoms with Crippen molar-refractivity contribution in [3.63, 3.8) is 0 Å². The third kappa shape index (κ3) is 5.45. The zero-order valence-corrected chi connectivity index (χ0v) is 13.1. The van der Waals surface area contributed by atoms with Gasteiger partial charge in [0.25, 0.3) is 0 Å². The summed E-state index contributed by atoms with van der Waals surface area (Å²) in [6.45, 7) is 7.90. The third-order valence-electron chi connectivity index (χ3n) is 3.37. The molecule has 0 unspecified atom stereocenters. The Balaban J connectivity index is 2.41.